The lowest BCUT2D eigenvalue weighted by Gasteiger charge is -2.31. The van der Waals surface area contributed by atoms with E-state index in [-0.39, 0.29) is 0 Å². The van der Waals surface area contributed by atoms with E-state index in [2.05, 4.69) is 15.0 Å². The molecule has 1 saturated heterocycles. The predicted molar refractivity (Wildman–Crippen MR) is 62.1 cm³/mol. The molecular weight excluding hydrogens is 220 g/mol. The van der Waals surface area contributed by atoms with Gasteiger partial charge in [-0.2, -0.15) is 4.98 Å². The van der Waals surface area contributed by atoms with Crippen LogP contribution in [-0.4, -0.2) is 40.8 Å². The minimum absolute atomic E-state index is 0.300. The first kappa shape index (κ1) is 12.5. The third-order valence-electron chi connectivity index (χ3n) is 2.91. The summed E-state index contributed by atoms with van der Waals surface area (Å²) in [7, 11) is 0. The topological polar surface area (TPSA) is 77.4 Å². The molecule has 6 heteroatoms. The van der Waals surface area contributed by atoms with Gasteiger partial charge in [-0.25, -0.2) is 0 Å². The highest BCUT2D eigenvalue weighted by Crippen LogP contribution is 2.15. The molecule has 6 nitrogen and oxygen atoms in total. The second-order valence-electron chi connectivity index (χ2n) is 4.26. The maximum atomic E-state index is 5.65. The molecule has 1 unspecified atom stereocenters. The maximum Gasteiger partial charge on any atom is 0.240 e. The van der Waals surface area contributed by atoms with Crippen LogP contribution >= 0.6 is 0 Å². The molecule has 0 spiro atoms. The van der Waals surface area contributed by atoms with E-state index in [9.17, 15) is 0 Å². The molecular formula is C11H20N4O2. The van der Waals surface area contributed by atoms with Crippen molar-refractivity contribution in [2.75, 3.05) is 19.7 Å². The number of hydrogen-bond acceptors (Lipinski definition) is 6. The van der Waals surface area contributed by atoms with Crippen molar-refractivity contribution >= 4 is 0 Å². The first-order valence-electron chi connectivity index (χ1n) is 6.17. The van der Waals surface area contributed by atoms with E-state index >= 15 is 0 Å². The average Bonchev–Trinajstić information content (AvgIpc) is 2.78. The first-order chi connectivity index (χ1) is 8.31. The Hall–Kier alpha value is -0.980. The predicted octanol–water partition coefficient (Wildman–Crippen LogP) is 0.529. The van der Waals surface area contributed by atoms with E-state index in [1.165, 1.54) is 0 Å². The fourth-order valence-corrected chi connectivity index (χ4v) is 2.17. The Bertz CT molecular complexity index is 340. The Morgan fingerprint density at radius 3 is 3.18 bits per heavy atom. The molecule has 96 valence electrons. The van der Waals surface area contributed by atoms with E-state index in [4.69, 9.17) is 15.0 Å². The van der Waals surface area contributed by atoms with Crippen LogP contribution in [0.1, 0.15) is 31.5 Å². The van der Waals surface area contributed by atoms with Gasteiger partial charge in [-0.15, -0.1) is 0 Å². The van der Waals surface area contributed by atoms with Crippen LogP contribution in [0.4, 0.5) is 0 Å². The molecule has 1 aromatic heterocycles. The Balaban J connectivity index is 1.85. The molecule has 17 heavy (non-hydrogen) atoms. The third kappa shape index (κ3) is 3.49. The van der Waals surface area contributed by atoms with E-state index in [1.807, 2.05) is 6.92 Å². The third-order valence-corrected chi connectivity index (χ3v) is 2.91. The fraction of sp³-hybridized carbons (Fsp3) is 0.818. The zero-order valence-corrected chi connectivity index (χ0v) is 10.3. The van der Waals surface area contributed by atoms with Crippen molar-refractivity contribution < 1.29 is 9.26 Å². The number of ether oxygens (including phenoxy) is 1. The van der Waals surface area contributed by atoms with Crippen LogP contribution in [0.3, 0.4) is 0 Å². The molecule has 0 aromatic carbocycles. The Kier molecular flexibility index (Phi) is 4.47. The maximum absolute atomic E-state index is 5.65. The highest BCUT2D eigenvalue weighted by atomic mass is 16.5. The molecule has 0 bridgehead atoms. The highest BCUT2D eigenvalue weighted by molar-refractivity contribution is 4.87. The minimum atomic E-state index is 0.300. The van der Waals surface area contributed by atoms with Crippen molar-refractivity contribution in [3.8, 4) is 0 Å². The van der Waals surface area contributed by atoms with Gasteiger partial charge in [-0.1, -0.05) is 5.16 Å². The number of likely N-dealkylation sites (tertiary alicyclic amines) is 1. The van der Waals surface area contributed by atoms with E-state index in [1.54, 1.807) is 0 Å². The summed E-state index contributed by atoms with van der Waals surface area (Å²) in [4.78, 5) is 6.51. The van der Waals surface area contributed by atoms with Crippen LogP contribution in [0, 0.1) is 0 Å². The summed E-state index contributed by atoms with van der Waals surface area (Å²) in [5, 5.41) is 3.90. The number of hydrogen-bond donors (Lipinski definition) is 1. The summed E-state index contributed by atoms with van der Waals surface area (Å²) in [5.74, 6) is 1.21. The largest absolute Gasteiger partial charge is 0.377 e. The van der Waals surface area contributed by atoms with Crippen molar-refractivity contribution in [3.63, 3.8) is 0 Å². The zero-order chi connectivity index (χ0) is 12.1. The highest BCUT2D eigenvalue weighted by Gasteiger charge is 2.21. The van der Waals surface area contributed by atoms with Crippen LogP contribution in [0.25, 0.3) is 0 Å². The monoisotopic (exact) mass is 240 g/mol. The molecule has 1 aromatic rings. The summed E-state index contributed by atoms with van der Waals surface area (Å²) in [6.07, 6.45) is 2.64. The van der Waals surface area contributed by atoms with E-state index < -0.39 is 0 Å². The SMILES string of the molecule is CCOC1CCCN(Cc2noc(CN)n2)C1. The molecule has 2 N–H and O–H groups in total. The standard InChI is InChI=1S/C11H20N4O2/c1-2-16-9-4-3-5-15(7-9)8-10-13-11(6-12)17-14-10/h9H,2-8,12H2,1H3. The lowest BCUT2D eigenvalue weighted by molar-refractivity contribution is 0.00281. The van der Waals surface area contributed by atoms with Gasteiger partial charge < -0.3 is 15.0 Å². The number of aromatic nitrogens is 2. The quantitative estimate of drug-likeness (QED) is 0.809. The van der Waals surface area contributed by atoms with Gasteiger partial charge in [0, 0.05) is 13.2 Å². The molecule has 0 amide bonds. The van der Waals surface area contributed by atoms with Crippen molar-refractivity contribution in [1.29, 1.82) is 0 Å². The lowest BCUT2D eigenvalue weighted by atomic mass is 10.1. The summed E-state index contributed by atoms with van der Waals surface area (Å²) in [5.41, 5.74) is 5.43. The minimum Gasteiger partial charge on any atom is -0.377 e. The molecule has 0 aliphatic carbocycles. The Labute approximate surface area is 101 Å². The molecule has 1 atom stereocenters. The van der Waals surface area contributed by atoms with Crippen molar-refractivity contribution in [2.45, 2.75) is 39.0 Å². The lowest BCUT2D eigenvalue weighted by Crippen LogP contribution is -2.39. The molecule has 2 heterocycles. The summed E-state index contributed by atoms with van der Waals surface area (Å²) < 4.78 is 10.6. The second-order valence-corrected chi connectivity index (χ2v) is 4.26. The Morgan fingerprint density at radius 1 is 1.59 bits per heavy atom. The van der Waals surface area contributed by atoms with Gasteiger partial charge in [0.1, 0.15) is 0 Å². The van der Waals surface area contributed by atoms with Gasteiger partial charge in [0.2, 0.25) is 5.89 Å². The normalized spacial score (nSPS) is 21.9. The summed E-state index contributed by atoms with van der Waals surface area (Å²) >= 11 is 0. The number of nitrogens with two attached hydrogens (primary N) is 1. The summed E-state index contributed by atoms with van der Waals surface area (Å²) in [6, 6.07) is 0. The van der Waals surface area contributed by atoms with Gasteiger partial charge in [0.05, 0.1) is 19.2 Å². The van der Waals surface area contributed by atoms with Crippen molar-refractivity contribution in [3.05, 3.63) is 11.7 Å². The molecule has 0 saturated carbocycles. The first-order valence-corrected chi connectivity index (χ1v) is 6.17. The Morgan fingerprint density at radius 2 is 2.47 bits per heavy atom. The molecule has 0 radical (unpaired) electrons. The van der Waals surface area contributed by atoms with Crippen molar-refractivity contribution in [1.82, 2.24) is 15.0 Å². The smallest absolute Gasteiger partial charge is 0.240 e. The number of nitrogens with zero attached hydrogens (tertiary/aromatic N) is 3. The van der Waals surface area contributed by atoms with Gasteiger partial charge in [-0.3, -0.25) is 4.90 Å². The van der Waals surface area contributed by atoms with Gasteiger partial charge in [-0.05, 0) is 26.3 Å². The van der Waals surface area contributed by atoms with Gasteiger partial charge in [0.15, 0.2) is 5.82 Å². The van der Waals surface area contributed by atoms with Crippen molar-refractivity contribution in [2.24, 2.45) is 5.73 Å². The summed E-state index contributed by atoms with van der Waals surface area (Å²) in [6.45, 7) is 5.84. The van der Waals surface area contributed by atoms with Crippen LogP contribution in [0.15, 0.2) is 4.52 Å². The fourth-order valence-electron chi connectivity index (χ4n) is 2.17. The number of rotatable bonds is 5. The van der Waals surface area contributed by atoms with Crippen LogP contribution in [0.2, 0.25) is 0 Å². The van der Waals surface area contributed by atoms with E-state index in [0.717, 1.165) is 32.5 Å². The zero-order valence-electron chi connectivity index (χ0n) is 10.3. The number of piperidine rings is 1. The van der Waals surface area contributed by atoms with Crippen LogP contribution < -0.4 is 5.73 Å². The van der Waals surface area contributed by atoms with Gasteiger partial charge >= 0.3 is 0 Å². The van der Waals surface area contributed by atoms with Gasteiger partial charge in [0.25, 0.3) is 0 Å². The van der Waals surface area contributed by atoms with Crippen LogP contribution in [0.5, 0.6) is 0 Å². The molecule has 1 fully saturated rings. The average molecular weight is 240 g/mol. The molecule has 1 aliphatic heterocycles. The molecule has 1 aliphatic rings. The second kappa shape index (κ2) is 6.09. The molecule has 2 rings (SSSR count). The van der Waals surface area contributed by atoms with E-state index in [0.29, 0.717) is 30.9 Å². The van der Waals surface area contributed by atoms with Crippen LogP contribution in [-0.2, 0) is 17.8 Å².